The van der Waals surface area contributed by atoms with Gasteiger partial charge in [-0.25, -0.2) is 0 Å². The van der Waals surface area contributed by atoms with Crippen molar-refractivity contribution in [2.45, 2.75) is 0 Å². The number of fused-ring (bicyclic) bond motifs is 1. The van der Waals surface area contributed by atoms with Gasteiger partial charge in [0.15, 0.2) is 0 Å². The Balaban J connectivity index is 2.26. The highest BCUT2D eigenvalue weighted by Crippen LogP contribution is 2.24. The number of carbonyl (C=O) groups excluding carboxylic acids is 1. The molecule has 0 radical (unpaired) electrons. The van der Waals surface area contributed by atoms with E-state index in [2.05, 4.69) is 27.6 Å². The second kappa shape index (κ2) is 6.21. The number of para-hydroxylation sites is 1. The first-order chi connectivity index (χ1) is 9.76. The lowest BCUT2D eigenvalue weighted by Gasteiger charge is -2.10. The number of nitrogens with one attached hydrogen (secondary N) is 2. The minimum absolute atomic E-state index is 0.0460. The maximum absolute atomic E-state index is 11.5. The van der Waals surface area contributed by atoms with Crippen LogP contribution < -0.4 is 10.6 Å². The molecule has 2 N–H and O–H groups in total. The monoisotopic (exact) mass is 264 g/mol. The number of anilines is 1. The quantitative estimate of drug-likeness (QED) is 0.815. The van der Waals surface area contributed by atoms with Crippen molar-refractivity contribution in [3.63, 3.8) is 0 Å². The molecule has 5 heteroatoms. The molecule has 0 aliphatic heterocycles. The van der Waals surface area contributed by atoms with Crippen molar-refractivity contribution < 1.29 is 4.79 Å². The fourth-order valence-electron chi connectivity index (χ4n) is 1.80. The number of hydrogen-bond donors (Lipinski definition) is 2. The lowest BCUT2D eigenvalue weighted by molar-refractivity contribution is -0.119. The third-order valence-electron chi connectivity index (χ3n) is 2.71. The molecule has 1 aromatic heterocycles. The lowest BCUT2D eigenvalue weighted by Crippen LogP contribution is -2.30. The highest BCUT2D eigenvalue weighted by molar-refractivity contribution is 5.95. The van der Waals surface area contributed by atoms with E-state index in [0.717, 1.165) is 10.9 Å². The summed E-state index contributed by atoms with van der Waals surface area (Å²) < 4.78 is 0. The van der Waals surface area contributed by atoms with Crippen LogP contribution in [-0.4, -0.2) is 24.0 Å². The summed E-state index contributed by atoms with van der Waals surface area (Å²) in [6, 6.07) is 9.49. The zero-order valence-electron chi connectivity index (χ0n) is 10.7. The molecule has 2 aromatic rings. The number of terminal acetylenes is 1. The molecule has 1 heterocycles. The molecule has 0 aliphatic rings. The fraction of sp³-hybridized carbons (Fsp3) is 0.133. The molecular weight excluding hydrogens is 252 g/mol. The van der Waals surface area contributed by atoms with Crippen LogP contribution in [-0.2, 0) is 4.79 Å². The number of rotatable bonds is 4. The first-order valence-corrected chi connectivity index (χ1v) is 5.98. The Bertz CT molecular complexity index is 725. The van der Waals surface area contributed by atoms with Gasteiger partial charge in [0, 0.05) is 11.6 Å². The van der Waals surface area contributed by atoms with Gasteiger partial charge in [-0.05, 0) is 6.07 Å². The van der Waals surface area contributed by atoms with Gasteiger partial charge in [-0.1, -0.05) is 24.1 Å². The van der Waals surface area contributed by atoms with Crippen LogP contribution in [0.1, 0.15) is 5.56 Å². The minimum Gasteiger partial charge on any atom is -0.374 e. The van der Waals surface area contributed by atoms with E-state index in [1.807, 2.05) is 24.3 Å². The molecule has 0 bridgehead atoms. The fourth-order valence-corrected chi connectivity index (χ4v) is 1.80. The highest BCUT2D eigenvalue weighted by Gasteiger charge is 2.09. The zero-order valence-corrected chi connectivity index (χ0v) is 10.7. The molecule has 0 unspecified atom stereocenters. The molecule has 2 rings (SSSR count). The van der Waals surface area contributed by atoms with Crippen LogP contribution in [0.2, 0.25) is 0 Å². The first kappa shape index (κ1) is 13.4. The molecule has 0 saturated heterocycles. The minimum atomic E-state index is -0.229. The van der Waals surface area contributed by atoms with Crippen LogP contribution in [0.3, 0.4) is 0 Å². The topological polar surface area (TPSA) is 77.8 Å². The van der Waals surface area contributed by atoms with Crippen LogP contribution in [0.5, 0.6) is 0 Å². The van der Waals surface area contributed by atoms with Crippen molar-refractivity contribution in [3.8, 4) is 18.4 Å². The summed E-state index contributed by atoms with van der Waals surface area (Å²) in [7, 11) is 0. The molecule has 1 aromatic carbocycles. The van der Waals surface area contributed by atoms with E-state index in [4.69, 9.17) is 11.7 Å². The lowest BCUT2D eigenvalue weighted by atomic mass is 10.1. The number of amides is 1. The van der Waals surface area contributed by atoms with Crippen LogP contribution in [0, 0.1) is 23.7 Å². The molecule has 0 atom stereocenters. The molecule has 0 aliphatic carbocycles. The number of benzene rings is 1. The third kappa shape index (κ3) is 2.85. The van der Waals surface area contributed by atoms with E-state index in [9.17, 15) is 4.79 Å². The van der Waals surface area contributed by atoms with Crippen LogP contribution >= 0.6 is 0 Å². The SMILES string of the molecule is C#CCNC(=O)CNc1c(C#N)cnc2ccccc12. The number of aromatic nitrogens is 1. The third-order valence-corrected chi connectivity index (χ3v) is 2.71. The molecule has 20 heavy (non-hydrogen) atoms. The predicted octanol–water partition coefficient (Wildman–Crippen LogP) is 1.27. The number of hydrogen-bond acceptors (Lipinski definition) is 4. The van der Waals surface area contributed by atoms with Gasteiger partial charge in [0.2, 0.25) is 5.91 Å². The molecule has 5 nitrogen and oxygen atoms in total. The predicted molar refractivity (Wildman–Crippen MR) is 76.8 cm³/mol. The van der Waals surface area contributed by atoms with Crippen molar-refractivity contribution in [2.24, 2.45) is 0 Å². The standard InChI is InChI=1S/C15H12N4O/c1-2-7-17-14(20)10-19-15-11(8-16)9-18-13-6-4-3-5-12(13)15/h1,3-6,9H,7,10H2,(H,17,20)(H,18,19). The zero-order chi connectivity index (χ0) is 14.4. The Morgan fingerprint density at radius 2 is 2.20 bits per heavy atom. The number of nitrogens with zero attached hydrogens (tertiary/aromatic N) is 2. The van der Waals surface area contributed by atoms with Gasteiger partial charge in [-0.2, -0.15) is 5.26 Å². The van der Waals surface area contributed by atoms with Gasteiger partial charge in [0.05, 0.1) is 29.9 Å². The van der Waals surface area contributed by atoms with Crippen LogP contribution in [0.4, 0.5) is 5.69 Å². The van der Waals surface area contributed by atoms with Gasteiger partial charge in [-0.3, -0.25) is 9.78 Å². The van der Waals surface area contributed by atoms with Crippen LogP contribution in [0.25, 0.3) is 10.9 Å². The summed E-state index contributed by atoms with van der Waals surface area (Å²) in [5.74, 6) is 2.10. The average molecular weight is 264 g/mol. The summed E-state index contributed by atoms with van der Waals surface area (Å²) in [6.07, 6.45) is 6.56. The largest absolute Gasteiger partial charge is 0.374 e. The summed E-state index contributed by atoms with van der Waals surface area (Å²) in [6.45, 7) is 0.229. The van der Waals surface area contributed by atoms with Crippen LogP contribution in [0.15, 0.2) is 30.5 Å². The number of nitriles is 1. The van der Waals surface area contributed by atoms with E-state index < -0.39 is 0 Å². The van der Waals surface area contributed by atoms with E-state index in [-0.39, 0.29) is 19.0 Å². The highest BCUT2D eigenvalue weighted by atomic mass is 16.1. The van der Waals surface area contributed by atoms with Crippen molar-refractivity contribution in [3.05, 3.63) is 36.0 Å². The Labute approximate surface area is 116 Å². The maximum atomic E-state index is 11.5. The number of carbonyl (C=O) groups is 1. The van der Waals surface area contributed by atoms with Crippen molar-refractivity contribution in [2.75, 3.05) is 18.4 Å². The summed E-state index contributed by atoms with van der Waals surface area (Å²) in [4.78, 5) is 15.7. The smallest absolute Gasteiger partial charge is 0.240 e. The normalized spacial score (nSPS) is 9.50. The Kier molecular flexibility index (Phi) is 4.16. The van der Waals surface area contributed by atoms with Crippen molar-refractivity contribution in [1.29, 1.82) is 5.26 Å². The van der Waals surface area contributed by atoms with E-state index in [1.54, 1.807) is 0 Å². The van der Waals surface area contributed by atoms with E-state index >= 15 is 0 Å². The van der Waals surface area contributed by atoms with Gasteiger partial charge in [-0.15, -0.1) is 6.42 Å². The van der Waals surface area contributed by atoms with Gasteiger partial charge in [0.25, 0.3) is 0 Å². The second-order valence-corrected chi connectivity index (χ2v) is 4.01. The van der Waals surface area contributed by atoms with Gasteiger partial charge in [0.1, 0.15) is 6.07 Å². The molecule has 0 spiro atoms. The first-order valence-electron chi connectivity index (χ1n) is 5.98. The summed E-state index contributed by atoms with van der Waals surface area (Å²) in [5, 5.41) is 15.5. The van der Waals surface area contributed by atoms with Gasteiger partial charge >= 0.3 is 0 Å². The average Bonchev–Trinajstić information content (AvgIpc) is 2.50. The van der Waals surface area contributed by atoms with Gasteiger partial charge < -0.3 is 10.6 Å². The molecule has 1 amide bonds. The van der Waals surface area contributed by atoms with Crippen molar-refractivity contribution in [1.82, 2.24) is 10.3 Å². The maximum Gasteiger partial charge on any atom is 0.240 e. The molecule has 0 saturated carbocycles. The molecule has 0 fully saturated rings. The Hall–Kier alpha value is -3.05. The second-order valence-electron chi connectivity index (χ2n) is 4.01. The summed E-state index contributed by atoms with van der Waals surface area (Å²) >= 11 is 0. The summed E-state index contributed by atoms with van der Waals surface area (Å²) in [5.41, 5.74) is 1.76. The Morgan fingerprint density at radius 3 is 2.95 bits per heavy atom. The van der Waals surface area contributed by atoms with E-state index in [1.165, 1.54) is 6.20 Å². The number of pyridine rings is 1. The molecule has 98 valence electrons. The van der Waals surface area contributed by atoms with E-state index in [0.29, 0.717) is 11.3 Å². The molecular formula is C15H12N4O. The van der Waals surface area contributed by atoms with Crippen molar-refractivity contribution >= 4 is 22.5 Å². The Morgan fingerprint density at radius 1 is 1.40 bits per heavy atom.